The zero-order chi connectivity index (χ0) is 18.5. The molecule has 0 saturated carbocycles. The lowest BCUT2D eigenvalue weighted by Crippen LogP contribution is -2.24. The SMILES string of the molecule is Cc1cc(C)cc(Nc2ccc(C(=O)NCc3ccc(F)cc3)nn2)c1. The monoisotopic (exact) mass is 350 g/mol. The fraction of sp³-hybridized carbons (Fsp3) is 0.150. The number of benzene rings is 2. The highest BCUT2D eigenvalue weighted by Crippen LogP contribution is 2.17. The van der Waals surface area contributed by atoms with Crippen molar-refractivity contribution in [3.05, 3.63) is 82.8 Å². The molecule has 1 amide bonds. The molecule has 1 heterocycles. The molecule has 5 nitrogen and oxygen atoms in total. The van der Waals surface area contributed by atoms with E-state index < -0.39 is 0 Å². The smallest absolute Gasteiger partial charge is 0.272 e. The van der Waals surface area contributed by atoms with E-state index in [1.54, 1.807) is 24.3 Å². The van der Waals surface area contributed by atoms with Gasteiger partial charge < -0.3 is 10.6 Å². The normalized spacial score (nSPS) is 10.4. The number of rotatable bonds is 5. The number of halogens is 1. The average Bonchev–Trinajstić information content (AvgIpc) is 2.61. The topological polar surface area (TPSA) is 66.9 Å². The van der Waals surface area contributed by atoms with E-state index in [4.69, 9.17) is 0 Å². The van der Waals surface area contributed by atoms with Gasteiger partial charge in [0.2, 0.25) is 0 Å². The molecule has 0 radical (unpaired) electrons. The molecular weight excluding hydrogens is 331 g/mol. The number of carbonyl (C=O) groups is 1. The Hall–Kier alpha value is -3.28. The third kappa shape index (κ3) is 4.63. The maximum absolute atomic E-state index is 12.9. The van der Waals surface area contributed by atoms with Crippen molar-refractivity contribution in [2.75, 3.05) is 5.32 Å². The highest BCUT2D eigenvalue weighted by Gasteiger charge is 2.08. The third-order valence-corrected chi connectivity index (χ3v) is 3.76. The van der Waals surface area contributed by atoms with Gasteiger partial charge in [-0.1, -0.05) is 18.2 Å². The summed E-state index contributed by atoms with van der Waals surface area (Å²) in [7, 11) is 0. The van der Waals surface area contributed by atoms with E-state index in [-0.39, 0.29) is 17.4 Å². The van der Waals surface area contributed by atoms with E-state index >= 15 is 0 Å². The number of nitrogens with zero attached hydrogens (tertiary/aromatic N) is 2. The van der Waals surface area contributed by atoms with Gasteiger partial charge in [0, 0.05) is 12.2 Å². The minimum Gasteiger partial charge on any atom is -0.347 e. The fourth-order valence-electron chi connectivity index (χ4n) is 2.59. The van der Waals surface area contributed by atoms with Crippen molar-refractivity contribution in [3.8, 4) is 0 Å². The van der Waals surface area contributed by atoms with Gasteiger partial charge >= 0.3 is 0 Å². The molecule has 0 bridgehead atoms. The van der Waals surface area contributed by atoms with E-state index in [2.05, 4.69) is 26.9 Å². The second-order valence-corrected chi connectivity index (χ2v) is 6.11. The molecule has 0 atom stereocenters. The predicted molar refractivity (Wildman–Crippen MR) is 98.8 cm³/mol. The van der Waals surface area contributed by atoms with Crippen LogP contribution in [-0.2, 0) is 6.54 Å². The lowest BCUT2D eigenvalue weighted by atomic mass is 10.1. The molecular formula is C20H19FN4O. The number of aromatic nitrogens is 2. The number of amides is 1. The summed E-state index contributed by atoms with van der Waals surface area (Å²) >= 11 is 0. The fourth-order valence-corrected chi connectivity index (χ4v) is 2.59. The molecule has 0 aliphatic carbocycles. The van der Waals surface area contributed by atoms with Gasteiger partial charge in [0.1, 0.15) is 5.82 Å². The number of nitrogens with one attached hydrogen (secondary N) is 2. The van der Waals surface area contributed by atoms with Crippen LogP contribution in [0.15, 0.2) is 54.6 Å². The van der Waals surface area contributed by atoms with Crippen molar-refractivity contribution < 1.29 is 9.18 Å². The number of carbonyl (C=O) groups excluding carboxylic acids is 1. The van der Waals surface area contributed by atoms with Crippen LogP contribution in [0.4, 0.5) is 15.9 Å². The van der Waals surface area contributed by atoms with Gasteiger partial charge in [0.25, 0.3) is 5.91 Å². The van der Waals surface area contributed by atoms with Crippen molar-refractivity contribution >= 4 is 17.4 Å². The molecule has 2 aromatic carbocycles. The molecule has 26 heavy (non-hydrogen) atoms. The Balaban J connectivity index is 1.61. The molecule has 3 aromatic rings. The quantitative estimate of drug-likeness (QED) is 0.732. The lowest BCUT2D eigenvalue weighted by Gasteiger charge is -2.08. The van der Waals surface area contributed by atoms with Gasteiger partial charge in [-0.05, 0) is 66.9 Å². The second-order valence-electron chi connectivity index (χ2n) is 6.11. The van der Waals surface area contributed by atoms with Crippen molar-refractivity contribution in [1.29, 1.82) is 0 Å². The Morgan fingerprint density at radius 2 is 1.65 bits per heavy atom. The summed E-state index contributed by atoms with van der Waals surface area (Å²) in [5.41, 5.74) is 4.25. The van der Waals surface area contributed by atoms with Crippen LogP contribution in [0.1, 0.15) is 27.2 Å². The van der Waals surface area contributed by atoms with Gasteiger partial charge in [-0.3, -0.25) is 4.79 Å². The Labute approximate surface area is 151 Å². The first-order valence-electron chi connectivity index (χ1n) is 8.21. The first-order valence-corrected chi connectivity index (χ1v) is 8.21. The average molecular weight is 350 g/mol. The van der Waals surface area contributed by atoms with Crippen LogP contribution < -0.4 is 10.6 Å². The van der Waals surface area contributed by atoms with Gasteiger partial charge in [-0.2, -0.15) is 0 Å². The van der Waals surface area contributed by atoms with Crippen molar-refractivity contribution in [1.82, 2.24) is 15.5 Å². The highest BCUT2D eigenvalue weighted by molar-refractivity contribution is 5.92. The molecule has 3 rings (SSSR count). The molecule has 0 aliphatic heterocycles. The molecule has 0 spiro atoms. The Kier molecular flexibility index (Phi) is 5.22. The molecule has 6 heteroatoms. The molecule has 0 fully saturated rings. The van der Waals surface area contributed by atoms with Gasteiger partial charge in [-0.15, -0.1) is 10.2 Å². The van der Waals surface area contributed by atoms with Crippen LogP contribution in [0.5, 0.6) is 0 Å². The van der Waals surface area contributed by atoms with Crippen molar-refractivity contribution in [2.24, 2.45) is 0 Å². The maximum Gasteiger partial charge on any atom is 0.272 e. The molecule has 0 unspecified atom stereocenters. The van der Waals surface area contributed by atoms with Crippen LogP contribution in [0.2, 0.25) is 0 Å². The highest BCUT2D eigenvalue weighted by atomic mass is 19.1. The van der Waals surface area contributed by atoms with Gasteiger partial charge in [0.05, 0.1) is 0 Å². The summed E-state index contributed by atoms with van der Waals surface area (Å²) in [5.74, 6) is -0.0808. The minimum atomic E-state index is -0.334. The second kappa shape index (κ2) is 7.74. The van der Waals surface area contributed by atoms with Gasteiger partial charge in [-0.25, -0.2) is 4.39 Å². The van der Waals surface area contributed by atoms with E-state index in [9.17, 15) is 9.18 Å². The molecule has 0 aliphatic rings. The van der Waals surface area contributed by atoms with E-state index in [0.29, 0.717) is 12.4 Å². The number of aryl methyl sites for hydroxylation is 2. The summed E-state index contributed by atoms with van der Waals surface area (Å²) in [6.07, 6.45) is 0. The molecule has 0 saturated heterocycles. The Morgan fingerprint density at radius 1 is 0.962 bits per heavy atom. The maximum atomic E-state index is 12.9. The zero-order valence-electron chi connectivity index (χ0n) is 14.6. The van der Waals surface area contributed by atoms with Crippen molar-refractivity contribution in [2.45, 2.75) is 20.4 Å². The first-order chi connectivity index (χ1) is 12.5. The summed E-state index contributed by atoms with van der Waals surface area (Å²) in [6, 6.07) is 15.4. The van der Waals surface area contributed by atoms with Crippen LogP contribution in [0, 0.1) is 19.7 Å². The van der Waals surface area contributed by atoms with Crippen LogP contribution in [0.25, 0.3) is 0 Å². The standard InChI is InChI=1S/C20H19FN4O/c1-13-9-14(2)11-17(10-13)23-19-8-7-18(24-25-19)20(26)22-12-15-3-5-16(21)6-4-15/h3-11H,12H2,1-2H3,(H,22,26)(H,23,25). The van der Waals surface area contributed by atoms with Crippen LogP contribution >= 0.6 is 0 Å². The van der Waals surface area contributed by atoms with E-state index in [1.807, 2.05) is 26.0 Å². The Morgan fingerprint density at radius 3 is 2.27 bits per heavy atom. The number of anilines is 2. The summed E-state index contributed by atoms with van der Waals surface area (Å²) in [4.78, 5) is 12.1. The molecule has 1 aromatic heterocycles. The Bertz CT molecular complexity index is 888. The van der Waals surface area contributed by atoms with E-state index in [0.717, 1.165) is 22.4 Å². The summed E-state index contributed by atoms with van der Waals surface area (Å²) < 4.78 is 12.9. The summed E-state index contributed by atoms with van der Waals surface area (Å²) in [5, 5.41) is 13.9. The first kappa shape index (κ1) is 17.5. The predicted octanol–water partition coefficient (Wildman–Crippen LogP) is 3.91. The third-order valence-electron chi connectivity index (χ3n) is 3.76. The summed E-state index contributed by atoms with van der Waals surface area (Å²) in [6.45, 7) is 4.35. The lowest BCUT2D eigenvalue weighted by molar-refractivity contribution is 0.0945. The zero-order valence-corrected chi connectivity index (χ0v) is 14.6. The van der Waals surface area contributed by atoms with Crippen molar-refractivity contribution in [3.63, 3.8) is 0 Å². The van der Waals surface area contributed by atoms with Crippen LogP contribution in [0.3, 0.4) is 0 Å². The molecule has 132 valence electrons. The number of hydrogen-bond donors (Lipinski definition) is 2. The van der Waals surface area contributed by atoms with Crippen LogP contribution in [-0.4, -0.2) is 16.1 Å². The largest absolute Gasteiger partial charge is 0.347 e. The number of hydrogen-bond acceptors (Lipinski definition) is 4. The van der Waals surface area contributed by atoms with Gasteiger partial charge in [0.15, 0.2) is 11.5 Å². The minimum absolute atomic E-state index is 0.220. The molecule has 2 N–H and O–H groups in total. The van der Waals surface area contributed by atoms with E-state index in [1.165, 1.54) is 12.1 Å².